The van der Waals surface area contributed by atoms with Gasteiger partial charge in [-0.3, -0.25) is 0 Å². The van der Waals surface area contributed by atoms with E-state index in [0.717, 1.165) is 5.88 Å². The van der Waals surface area contributed by atoms with Crippen molar-refractivity contribution in [2.24, 2.45) is 0 Å². The van der Waals surface area contributed by atoms with E-state index in [4.69, 9.17) is 4.74 Å². The summed E-state index contributed by atoms with van der Waals surface area (Å²) in [5, 5.41) is 5.55. The van der Waals surface area contributed by atoms with E-state index in [1.807, 2.05) is 7.05 Å². The normalized spacial score (nSPS) is 16.8. The maximum Gasteiger partial charge on any atom is 0.281 e. The third kappa shape index (κ3) is 0.665. The van der Waals surface area contributed by atoms with Crippen molar-refractivity contribution in [3.63, 3.8) is 0 Å². The van der Waals surface area contributed by atoms with Crippen LogP contribution in [-0.4, -0.2) is 25.4 Å². The smallest absolute Gasteiger partial charge is 0.281 e. The van der Waals surface area contributed by atoms with E-state index in [2.05, 4.69) is 5.10 Å². The number of hydrogen-bond donors (Lipinski definition) is 0. The van der Waals surface area contributed by atoms with Gasteiger partial charge in [-0.2, -0.15) is 0 Å². The van der Waals surface area contributed by atoms with Crippen LogP contribution in [0.3, 0.4) is 0 Å². The second-order valence-corrected chi connectivity index (χ2v) is 1.50. The topological polar surface area (TPSA) is 26.6 Å². The first-order chi connectivity index (χ1) is 3.84. The molecule has 0 aromatic carbocycles. The fraction of sp³-hybridized carbons (Fsp3) is 0.400. The van der Waals surface area contributed by atoms with Crippen molar-refractivity contribution in [1.82, 2.24) is 10.1 Å². The van der Waals surface area contributed by atoms with Crippen LogP contribution >= 0.6 is 0 Å². The summed E-state index contributed by atoms with van der Waals surface area (Å²) < 4.78 is 4.89. The first-order valence-electron chi connectivity index (χ1n) is 2.36. The summed E-state index contributed by atoms with van der Waals surface area (Å²) in [5.74, 6) is 0.782. The van der Waals surface area contributed by atoms with Crippen LogP contribution in [-0.2, 0) is 4.74 Å². The van der Waals surface area contributed by atoms with E-state index >= 15 is 0 Å². The van der Waals surface area contributed by atoms with E-state index in [0.29, 0.717) is 0 Å². The molecule has 1 radical (unpaired) electrons. The van der Waals surface area contributed by atoms with E-state index < -0.39 is 0 Å². The molecule has 0 aliphatic carbocycles. The summed E-state index contributed by atoms with van der Waals surface area (Å²) in [6.07, 6.45) is 3.50. The molecular formula is C5H8N2O+. The van der Waals surface area contributed by atoms with Crippen LogP contribution < -0.4 is 5.10 Å². The molecule has 0 spiro atoms. The Morgan fingerprint density at radius 2 is 2.50 bits per heavy atom. The number of hydrazone groups is 1. The Morgan fingerprint density at radius 3 is 2.75 bits per heavy atom. The van der Waals surface area contributed by atoms with Gasteiger partial charge in [0.2, 0.25) is 0 Å². The minimum absolute atomic E-state index is 0.782. The van der Waals surface area contributed by atoms with Gasteiger partial charge in [0.1, 0.15) is 0 Å². The van der Waals surface area contributed by atoms with Gasteiger partial charge in [0.15, 0.2) is 5.10 Å². The lowest BCUT2D eigenvalue weighted by atomic mass is 10.6. The van der Waals surface area contributed by atoms with Crippen molar-refractivity contribution in [2.75, 3.05) is 14.2 Å². The number of allylic oxidation sites excluding steroid dienone is 1. The van der Waals surface area contributed by atoms with E-state index in [1.165, 1.54) is 0 Å². The Labute approximate surface area is 48.2 Å². The van der Waals surface area contributed by atoms with Gasteiger partial charge in [0.05, 0.1) is 20.2 Å². The van der Waals surface area contributed by atoms with Crippen LogP contribution in [0.4, 0.5) is 0 Å². The average Bonchev–Trinajstić information content (AvgIpc) is 2.14. The van der Waals surface area contributed by atoms with Crippen LogP contribution in [0.5, 0.6) is 0 Å². The zero-order valence-corrected chi connectivity index (χ0v) is 4.96. The van der Waals surface area contributed by atoms with Gasteiger partial charge in [-0.25, -0.2) is 0 Å². The summed E-state index contributed by atoms with van der Waals surface area (Å²) in [6, 6.07) is 0. The first kappa shape index (κ1) is 5.15. The van der Waals surface area contributed by atoms with Crippen LogP contribution in [0.25, 0.3) is 0 Å². The Bertz CT molecular complexity index is 139. The van der Waals surface area contributed by atoms with Crippen LogP contribution in [0.15, 0.2) is 12.0 Å². The third-order valence-electron chi connectivity index (χ3n) is 0.985. The Balaban J connectivity index is 2.59. The molecule has 0 atom stereocenters. The first-order valence-corrected chi connectivity index (χ1v) is 2.36. The number of ether oxygens (including phenoxy) is 1. The van der Waals surface area contributed by atoms with Gasteiger partial charge in [-0.15, -0.1) is 0 Å². The predicted molar refractivity (Wildman–Crippen MR) is 31.1 cm³/mol. The number of rotatable bonds is 1. The molecule has 0 bridgehead atoms. The van der Waals surface area contributed by atoms with Crippen LogP contribution in [0, 0.1) is 0 Å². The molecule has 0 N–H and O–H groups in total. The SMILES string of the molecule is COC1=CC=[N+]N1C. The van der Waals surface area contributed by atoms with Crippen molar-refractivity contribution in [3.8, 4) is 0 Å². The zero-order chi connectivity index (χ0) is 5.98. The van der Waals surface area contributed by atoms with Crippen molar-refractivity contribution in [2.45, 2.75) is 0 Å². The minimum Gasteiger partial charge on any atom is -0.478 e. The van der Waals surface area contributed by atoms with Crippen molar-refractivity contribution >= 4 is 6.21 Å². The molecule has 3 nitrogen and oxygen atoms in total. The zero-order valence-electron chi connectivity index (χ0n) is 4.96. The highest BCUT2D eigenvalue weighted by molar-refractivity contribution is 5.72. The highest BCUT2D eigenvalue weighted by Gasteiger charge is 2.16. The van der Waals surface area contributed by atoms with Crippen molar-refractivity contribution in [3.05, 3.63) is 12.0 Å². The minimum atomic E-state index is 0.782. The van der Waals surface area contributed by atoms with E-state index in [-0.39, 0.29) is 0 Å². The summed E-state index contributed by atoms with van der Waals surface area (Å²) >= 11 is 0. The summed E-state index contributed by atoms with van der Waals surface area (Å²) in [4.78, 5) is 0. The molecule has 43 valence electrons. The van der Waals surface area contributed by atoms with Gasteiger partial charge < -0.3 is 4.74 Å². The molecule has 1 aliphatic rings. The molecule has 1 heterocycles. The Hall–Kier alpha value is -0.990. The highest BCUT2D eigenvalue weighted by atomic mass is 16.5. The van der Waals surface area contributed by atoms with E-state index in [1.54, 1.807) is 24.4 Å². The maximum atomic E-state index is 4.89. The fourth-order valence-electron chi connectivity index (χ4n) is 0.562. The molecule has 0 amide bonds. The number of methoxy groups -OCH3 is 1. The largest absolute Gasteiger partial charge is 0.478 e. The van der Waals surface area contributed by atoms with Gasteiger partial charge >= 0.3 is 0 Å². The molecular weight excluding hydrogens is 104 g/mol. The molecule has 3 heteroatoms. The predicted octanol–water partition coefficient (Wildman–Crippen LogP) is -0.259. The molecule has 1 aliphatic heterocycles. The third-order valence-corrected chi connectivity index (χ3v) is 0.985. The Kier molecular flexibility index (Phi) is 1.20. The van der Waals surface area contributed by atoms with Crippen molar-refractivity contribution < 1.29 is 4.74 Å². The fourth-order valence-corrected chi connectivity index (χ4v) is 0.562. The van der Waals surface area contributed by atoms with Gasteiger partial charge in [0, 0.05) is 0 Å². The van der Waals surface area contributed by atoms with Gasteiger partial charge in [0.25, 0.3) is 12.1 Å². The van der Waals surface area contributed by atoms with E-state index in [9.17, 15) is 0 Å². The number of nitrogens with zero attached hydrogens (tertiary/aromatic N) is 2. The highest BCUT2D eigenvalue weighted by Crippen LogP contribution is 1.99. The monoisotopic (exact) mass is 112 g/mol. The molecule has 0 aromatic heterocycles. The molecule has 0 saturated heterocycles. The van der Waals surface area contributed by atoms with Crippen LogP contribution in [0.1, 0.15) is 0 Å². The molecule has 0 fully saturated rings. The summed E-state index contributed by atoms with van der Waals surface area (Å²) in [5.41, 5.74) is 0. The average molecular weight is 112 g/mol. The summed E-state index contributed by atoms with van der Waals surface area (Å²) in [6.45, 7) is 0. The second kappa shape index (κ2) is 1.86. The number of hydrogen-bond acceptors (Lipinski definition) is 3. The molecule has 8 heavy (non-hydrogen) atoms. The lowest BCUT2D eigenvalue weighted by Gasteiger charge is -1.98. The van der Waals surface area contributed by atoms with Crippen molar-refractivity contribution in [1.29, 1.82) is 0 Å². The molecule has 0 unspecified atom stereocenters. The van der Waals surface area contributed by atoms with Gasteiger partial charge in [-0.1, -0.05) is 5.01 Å². The quantitative estimate of drug-likeness (QED) is 0.467. The molecule has 0 saturated carbocycles. The lowest BCUT2D eigenvalue weighted by Crippen LogP contribution is -2.15. The molecule has 1 rings (SSSR count). The standard InChI is InChI=1S/C5H8N2O/c1-7-5(8-2)3-4-6-7/h3-4H,1-2H3/q+1. The maximum absolute atomic E-state index is 4.89. The Morgan fingerprint density at radius 1 is 1.75 bits per heavy atom. The van der Waals surface area contributed by atoms with Gasteiger partial charge in [-0.05, 0) is 0 Å². The van der Waals surface area contributed by atoms with Crippen LogP contribution in [0.2, 0.25) is 0 Å². The summed E-state index contributed by atoms with van der Waals surface area (Å²) in [7, 11) is 3.45. The second-order valence-electron chi connectivity index (χ2n) is 1.50. The lowest BCUT2D eigenvalue weighted by molar-refractivity contribution is 0.169. The molecule has 0 aromatic rings.